The van der Waals surface area contributed by atoms with Crippen molar-refractivity contribution in [3.8, 4) is 5.88 Å². The van der Waals surface area contributed by atoms with Gasteiger partial charge in [0.2, 0.25) is 11.8 Å². The van der Waals surface area contributed by atoms with Crippen LogP contribution in [0, 0.1) is 11.8 Å². The number of ether oxygens (including phenoxy) is 1. The third kappa shape index (κ3) is 7.46. The van der Waals surface area contributed by atoms with Crippen LogP contribution in [0.15, 0.2) is 30.7 Å². The van der Waals surface area contributed by atoms with Crippen molar-refractivity contribution in [1.82, 2.24) is 44.3 Å². The molecule has 1 saturated carbocycles. The van der Waals surface area contributed by atoms with Gasteiger partial charge >= 0.3 is 6.03 Å². The van der Waals surface area contributed by atoms with Gasteiger partial charge in [-0.2, -0.15) is 5.10 Å². The molecule has 13 nitrogen and oxygen atoms in total. The first kappa shape index (κ1) is 31.0. The summed E-state index contributed by atoms with van der Waals surface area (Å²) in [4.78, 5) is 50.5. The highest BCUT2D eigenvalue weighted by Gasteiger charge is 2.35. The second-order valence-electron chi connectivity index (χ2n) is 12.7. The second-order valence-corrected chi connectivity index (χ2v) is 12.7. The number of fused-ring (bicyclic) bond motifs is 1. The van der Waals surface area contributed by atoms with Crippen molar-refractivity contribution in [3.05, 3.63) is 36.4 Å². The summed E-state index contributed by atoms with van der Waals surface area (Å²) in [7, 11) is 4.10. The molecule has 3 amide bonds. The van der Waals surface area contributed by atoms with Crippen molar-refractivity contribution >= 4 is 28.8 Å². The molecule has 1 aliphatic carbocycles. The predicted octanol–water partition coefficient (Wildman–Crippen LogP) is 2.42. The van der Waals surface area contributed by atoms with E-state index >= 15 is 0 Å². The number of nitrogens with zero attached hydrogens (tertiary/aromatic N) is 10. The minimum Gasteiger partial charge on any atom is -0.478 e. The number of pyridine rings is 1. The van der Waals surface area contributed by atoms with Crippen LogP contribution >= 0.6 is 0 Å². The van der Waals surface area contributed by atoms with E-state index in [4.69, 9.17) is 4.74 Å². The maximum absolute atomic E-state index is 13.5. The SMILES string of the molecule is CCOc1cccc(Cn2ncc3c(N4CCN(C(=O)N5CCC(CN(CCN(C)C)C(=O)C6CC6)CC5)CC4)ncnc32)n1. The van der Waals surface area contributed by atoms with Crippen molar-refractivity contribution in [2.24, 2.45) is 11.8 Å². The number of piperidine rings is 1. The monoisotopic (exact) mass is 618 g/mol. The minimum atomic E-state index is 0.119. The minimum absolute atomic E-state index is 0.119. The Kier molecular flexibility index (Phi) is 9.62. The van der Waals surface area contributed by atoms with E-state index in [1.165, 1.54) is 0 Å². The van der Waals surface area contributed by atoms with E-state index in [-0.39, 0.29) is 11.9 Å². The summed E-state index contributed by atoms with van der Waals surface area (Å²) in [5.41, 5.74) is 1.60. The third-order valence-corrected chi connectivity index (χ3v) is 9.07. The molecule has 242 valence electrons. The van der Waals surface area contributed by atoms with Gasteiger partial charge in [-0.3, -0.25) is 4.79 Å². The molecule has 0 radical (unpaired) electrons. The van der Waals surface area contributed by atoms with Crippen molar-refractivity contribution in [1.29, 1.82) is 0 Å². The molecule has 3 fully saturated rings. The fraction of sp³-hybridized carbons (Fsp3) is 0.625. The molecule has 3 aromatic heterocycles. The van der Waals surface area contributed by atoms with E-state index in [1.54, 1.807) is 6.33 Å². The van der Waals surface area contributed by atoms with E-state index in [0.717, 1.165) is 81.0 Å². The number of hydrogen-bond donors (Lipinski definition) is 0. The normalized spacial score (nSPS) is 17.7. The van der Waals surface area contributed by atoms with Crippen LogP contribution in [0.25, 0.3) is 11.0 Å². The van der Waals surface area contributed by atoms with Crippen LogP contribution < -0.4 is 9.64 Å². The quantitative estimate of drug-likeness (QED) is 0.320. The zero-order valence-corrected chi connectivity index (χ0v) is 26.8. The molecule has 3 aliphatic rings. The Bertz CT molecular complexity index is 1460. The molecule has 3 aromatic rings. The fourth-order valence-electron chi connectivity index (χ4n) is 6.30. The smallest absolute Gasteiger partial charge is 0.320 e. The van der Waals surface area contributed by atoms with Gasteiger partial charge in [0, 0.05) is 70.9 Å². The topological polar surface area (TPSA) is 116 Å². The van der Waals surface area contributed by atoms with Gasteiger partial charge in [0.05, 0.1) is 30.4 Å². The number of carbonyl (C=O) groups excluding carboxylic acids is 2. The van der Waals surface area contributed by atoms with Gasteiger partial charge in [0.1, 0.15) is 12.1 Å². The molecule has 0 spiro atoms. The van der Waals surface area contributed by atoms with Gasteiger partial charge < -0.3 is 29.2 Å². The average molecular weight is 619 g/mol. The van der Waals surface area contributed by atoms with E-state index < -0.39 is 0 Å². The number of rotatable bonds is 11. The number of likely N-dealkylation sites (N-methyl/N-ethyl adjacent to an activating group) is 1. The zero-order valence-electron chi connectivity index (χ0n) is 26.8. The first-order chi connectivity index (χ1) is 21.9. The van der Waals surface area contributed by atoms with E-state index in [0.29, 0.717) is 57.0 Å². The van der Waals surface area contributed by atoms with Gasteiger partial charge in [-0.05, 0) is 58.7 Å². The van der Waals surface area contributed by atoms with Crippen LogP contribution in [0.1, 0.15) is 38.3 Å². The van der Waals surface area contributed by atoms with Crippen LogP contribution in [-0.4, -0.2) is 136 Å². The Balaban J connectivity index is 1.01. The van der Waals surface area contributed by atoms with Crippen molar-refractivity contribution < 1.29 is 14.3 Å². The van der Waals surface area contributed by atoms with Gasteiger partial charge in [-0.25, -0.2) is 24.4 Å². The summed E-state index contributed by atoms with van der Waals surface area (Å²) in [5, 5.41) is 5.49. The highest BCUT2D eigenvalue weighted by molar-refractivity contribution is 5.87. The lowest BCUT2D eigenvalue weighted by molar-refractivity contribution is -0.133. The third-order valence-electron chi connectivity index (χ3n) is 9.07. The number of anilines is 1. The molecule has 0 bridgehead atoms. The number of carbonyl (C=O) groups is 2. The van der Waals surface area contributed by atoms with Crippen LogP contribution in [0.3, 0.4) is 0 Å². The number of hydrogen-bond acceptors (Lipinski definition) is 9. The Morgan fingerprint density at radius 2 is 1.71 bits per heavy atom. The van der Waals surface area contributed by atoms with Crippen molar-refractivity contribution in [2.45, 2.75) is 39.2 Å². The molecule has 13 heteroatoms. The molecule has 6 rings (SSSR count). The highest BCUT2D eigenvalue weighted by atomic mass is 16.5. The maximum Gasteiger partial charge on any atom is 0.320 e. The molecular formula is C32H46N10O3. The fourth-order valence-corrected chi connectivity index (χ4v) is 6.30. The average Bonchev–Trinajstić information content (AvgIpc) is 3.83. The number of amides is 3. The Morgan fingerprint density at radius 1 is 0.956 bits per heavy atom. The molecular weight excluding hydrogens is 572 g/mol. The summed E-state index contributed by atoms with van der Waals surface area (Å²) in [6.07, 6.45) is 7.35. The van der Waals surface area contributed by atoms with Crippen LogP contribution in [0.2, 0.25) is 0 Å². The molecule has 45 heavy (non-hydrogen) atoms. The molecule has 5 heterocycles. The van der Waals surface area contributed by atoms with Gasteiger partial charge in [-0.1, -0.05) is 6.07 Å². The van der Waals surface area contributed by atoms with E-state index in [9.17, 15) is 9.59 Å². The van der Waals surface area contributed by atoms with Gasteiger partial charge in [0.15, 0.2) is 5.65 Å². The molecule has 2 aliphatic heterocycles. The maximum atomic E-state index is 13.5. The number of likely N-dealkylation sites (tertiary alicyclic amines) is 1. The Morgan fingerprint density at radius 3 is 2.42 bits per heavy atom. The number of urea groups is 1. The highest BCUT2D eigenvalue weighted by Crippen LogP contribution is 2.32. The van der Waals surface area contributed by atoms with Gasteiger partial charge in [0.25, 0.3) is 0 Å². The Labute approximate surface area is 265 Å². The molecule has 0 N–H and O–H groups in total. The van der Waals surface area contributed by atoms with Crippen LogP contribution in [0.4, 0.5) is 10.6 Å². The van der Waals surface area contributed by atoms with Crippen molar-refractivity contribution in [2.75, 3.05) is 84.5 Å². The number of piperazine rings is 1. The van der Waals surface area contributed by atoms with Gasteiger partial charge in [-0.15, -0.1) is 0 Å². The first-order valence-corrected chi connectivity index (χ1v) is 16.4. The lowest BCUT2D eigenvalue weighted by Gasteiger charge is -2.40. The van der Waals surface area contributed by atoms with Crippen LogP contribution in [0.5, 0.6) is 5.88 Å². The summed E-state index contributed by atoms with van der Waals surface area (Å²) >= 11 is 0. The second kappa shape index (κ2) is 14.0. The zero-order chi connectivity index (χ0) is 31.3. The van der Waals surface area contributed by atoms with Crippen molar-refractivity contribution in [3.63, 3.8) is 0 Å². The largest absolute Gasteiger partial charge is 0.478 e. The summed E-state index contributed by atoms with van der Waals surface area (Å²) in [6, 6.07) is 5.85. The lowest BCUT2D eigenvalue weighted by Crippen LogP contribution is -2.54. The standard InChI is InChI=1S/C32H46N10O3/c1-4-45-28-7-5-6-26(36-28)22-42-30-27(20-35-42)29(33-23-34-30)38-16-18-40(19-17-38)32(44)39-12-10-24(11-13-39)21-41(15-14-37(2)3)31(43)25-8-9-25/h5-7,20,23-25H,4,8-19,21-22H2,1-3H3. The number of aromatic nitrogens is 5. The summed E-state index contributed by atoms with van der Waals surface area (Å²) < 4.78 is 7.39. The van der Waals surface area contributed by atoms with E-state index in [2.05, 4.69) is 48.8 Å². The first-order valence-electron chi connectivity index (χ1n) is 16.4. The summed E-state index contributed by atoms with van der Waals surface area (Å²) in [6.45, 7) is 9.62. The van der Waals surface area contributed by atoms with E-state index in [1.807, 2.05) is 45.8 Å². The molecule has 0 atom stereocenters. The lowest BCUT2D eigenvalue weighted by atomic mass is 9.96. The molecule has 2 saturated heterocycles. The van der Waals surface area contributed by atoms with Crippen LogP contribution in [-0.2, 0) is 11.3 Å². The Hall–Kier alpha value is -4.00. The predicted molar refractivity (Wildman–Crippen MR) is 171 cm³/mol. The summed E-state index contributed by atoms with van der Waals surface area (Å²) in [5.74, 6) is 2.45. The molecule has 0 unspecified atom stereocenters. The molecule has 0 aromatic carbocycles.